The van der Waals surface area contributed by atoms with Crippen LogP contribution < -0.4 is 0 Å². The second-order valence-electron chi connectivity index (χ2n) is 5.63. The van der Waals surface area contributed by atoms with Crippen molar-refractivity contribution in [3.63, 3.8) is 0 Å². The third kappa shape index (κ3) is 3.53. The Morgan fingerprint density at radius 3 is 2.81 bits per heavy atom. The molecule has 1 fully saturated rings. The van der Waals surface area contributed by atoms with Crippen LogP contribution >= 0.6 is 11.3 Å². The molecule has 0 saturated carbocycles. The summed E-state index contributed by atoms with van der Waals surface area (Å²) in [6.07, 6.45) is 1.83. The number of ketones is 1. The summed E-state index contributed by atoms with van der Waals surface area (Å²) in [5.74, 6) is 0.0318. The molecule has 0 bridgehead atoms. The molecule has 0 aliphatic carbocycles. The number of thiophene rings is 1. The maximum absolute atomic E-state index is 12.6. The molecule has 7 heteroatoms. The first-order chi connectivity index (χ1) is 9.84. The number of nitrogens with zero attached hydrogens (tertiary/aromatic N) is 2. The first-order valence-electron chi connectivity index (χ1n) is 7.15. The molecular weight excluding hydrogens is 308 g/mol. The van der Waals surface area contributed by atoms with E-state index in [0.717, 1.165) is 12.8 Å². The van der Waals surface area contributed by atoms with E-state index in [9.17, 15) is 13.2 Å². The van der Waals surface area contributed by atoms with Crippen LogP contribution in [0.4, 0.5) is 0 Å². The summed E-state index contributed by atoms with van der Waals surface area (Å²) in [4.78, 5) is 12.9. The van der Waals surface area contributed by atoms with Crippen LogP contribution in [0.1, 0.15) is 42.8 Å². The first kappa shape index (κ1) is 16.6. The minimum Gasteiger partial charge on any atom is -0.293 e. The van der Waals surface area contributed by atoms with Crippen molar-refractivity contribution in [3.05, 3.63) is 22.4 Å². The quantitative estimate of drug-likeness (QED) is 0.753. The molecule has 21 heavy (non-hydrogen) atoms. The van der Waals surface area contributed by atoms with Crippen LogP contribution in [0.25, 0.3) is 0 Å². The lowest BCUT2D eigenvalue weighted by molar-refractivity contribution is 0.0964. The van der Waals surface area contributed by atoms with Gasteiger partial charge in [0.15, 0.2) is 5.78 Å². The Morgan fingerprint density at radius 2 is 2.24 bits per heavy atom. The van der Waals surface area contributed by atoms with Gasteiger partial charge in [0.1, 0.15) is 0 Å². The van der Waals surface area contributed by atoms with Gasteiger partial charge in [0, 0.05) is 32.1 Å². The van der Waals surface area contributed by atoms with Gasteiger partial charge in [-0.2, -0.15) is 17.0 Å². The van der Waals surface area contributed by atoms with E-state index in [4.69, 9.17) is 0 Å². The average molecular weight is 330 g/mol. The summed E-state index contributed by atoms with van der Waals surface area (Å²) in [6.45, 7) is 4.20. The molecule has 2 heterocycles. The molecule has 1 saturated heterocycles. The molecule has 0 spiro atoms. The molecule has 118 valence electrons. The zero-order chi connectivity index (χ0) is 15.6. The van der Waals surface area contributed by atoms with Crippen molar-refractivity contribution < 1.29 is 13.2 Å². The number of rotatable bonds is 6. The molecule has 0 radical (unpaired) electrons. The summed E-state index contributed by atoms with van der Waals surface area (Å²) >= 11 is 1.41. The van der Waals surface area contributed by atoms with E-state index in [1.54, 1.807) is 13.1 Å². The highest BCUT2D eigenvalue weighted by atomic mass is 32.2. The number of Topliss-reactive ketones (excluding diaryl/α,β-unsaturated/α-hetero) is 1. The molecule has 1 aliphatic heterocycles. The summed E-state index contributed by atoms with van der Waals surface area (Å²) in [5, 5.41) is 1.86. The molecule has 1 aromatic heterocycles. The van der Waals surface area contributed by atoms with Gasteiger partial charge in [-0.25, -0.2) is 0 Å². The number of carbonyl (C=O) groups excluding carboxylic acids is 1. The van der Waals surface area contributed by atoms with Gasteiger partial charge < -0.3 is 0 Å². The zero-order valence-corrected chi connectivity index (χ0v) is 14.3. The number of hydrogen-bond donors (Lipinski definition) is 0. The van der Waals surface area contributed by atoms with Crippen LogP contribution in [0.15, 0.2) is 17.5 Å². The predicted molar refractivity (Wildman–Crippen MR) is 84.8 cm³/mol. The Morgan fingerprint density at radius 1 is 1.52 bits per heavy atom. The van der Waals surface area contributed by atoms with Gasteiger partial charge >= 0.3 is 0 Å². The lowest BCUT2D eigenvalue weighted by Crippen LogP contribution is -2.47. The lowest BCUT2D eigenvalue weighted by atomic mass is 10.1. The van der Waals surface area contributed by atoms with E-state index in [1.807, 2.05) is 25.3 Å². The van der Waals surface area contributed by atoms with Crippen molar-refractivity contribution in [1.82, 2.24) is 8.61 Å². The Hall–Kier alpha value is -0.760. The molecule has 0 N–H and O–H groups in total. The number of carbonyl (C=O) groups is 1. The van der Waals surface area contributed by atoms with E-state index in [1.165, 1.54) is 19.9 Å². The third-order valence-corrected chi connectivity index (χ3v) is 7.06. The average Bonchev–Trinajstić information content (AvgIpc) is 3.08. The van der Waals surface area contributed by atoms with Gasteiger partial charge in [-0.3, -0.25) is 4.79 Å². The van der Waals surface area contributed by atoms with Crippen LogP contribution in [0, 0.1) is 0 Å². The fourth-order valence-electron chi connectivity index (χ4n) is 2.50. The maximum Gasteiger partial charge on any atom is 0.282 e. The Bertz CT molecular complexity index is 581. The SMILES string of the molecule is CC(C)N(C)S(=O)(=O)N1CCC[C@@H]1CC(=O)c1cccs1. The highest BCUT2D eigenvalue weighted by Crippen LogP contribution is 2.27. The van der Waals surface area contributed by atoms with Gasteiger partial charge in [-0.15, -0.1) is 11.3 Å². The van der Waals surface area contributed by atoms with Gasteiger partial charge in [-0.05, 0) is 38.1 Å². The molecule has 2 rings (SSSR count). The highest BCUT2D eigenvalue weighted by molar-refractivity contribution is 7.86. The van der Waals surface area contributed by atoms with E-state index >= 15 is 0 Å². The van der Waals surface area contributed by atoms with Crippen LogP contribution in [-0.2, 0) is 10.2 Å². The fraction of sp³-hybridized carbons (Fsp3) is 0.643. The van der Waals surface area contributed by atoms with Crippen molar-refractivity contribution in [3.8, 4) is 0 Å². The van der Waals surface area contributed by atoms with Gasteiger partial charge in [-0.1, -0.05) is 6.07 Å². The Labute approximate surface area is 130 Å². The van der Waals surface area contributed by atoms with Crippen molar-refractivity contribution >= 4 is 27.3 Å². The molecule has 1 atom stereocenters. The Balaban J connectivity index is 2.12. The van der Waals surface area contributed by atoms with Crippen molar-refractivity contribution in [2.45, 2.75) is 45.2 Å². The summed E-state index contributed by atoms with van der Waals surface area (Å²) in [6, 6.07) is 3.32. The topological polar surface area (TPSA) is 57.7 Å². The lowest BCUT2D eigenvalue weighted by Gasteiger charge is -2.30. The van der Waals surface area contributed by atoms with Gasteiger partial charge in [0.25, 0.3) is 10.2 Å². The molecule has 0 aromatic carbocycles. The van der Waals surface area contributed by atoms with E-state index in [2.05, 4.69) is 0 Å². The molecule has 1 aromatic rings. The van der Waals surface area contributed by atoms with Gasteiger partial charge in [0.05, 0.1) is 4.88 Å². The van der Waals surface area contributed by atoms with E-state index in [-0.39, 0.29) is 24.3 Å². The minimum atomic E-state index is -3.48. The van der Waals surface area contributed by atoms with Crippen LogP contribution in [0.2, 0.25) is 0 Å². The summed E-state index contributed by atoms with van der Waals surface area (Å²) in [5.41, 5.74) is 0. The molecular formula is C14H22N2O3S2. The normalized spacial score (nSPS) is 20.5. The Kier molecular flexibility index (Phi) is 5.19. The highest BCUT2D eigenvalue weighted by Gasteiger charge is 2.38. The first-order valence-corrected chi connectivity index (χ1v) is 9.43. The minimum absolute atomic E-state index is 0.0318. The van der Waals surface area contributed by atoms with Crippen LogP contribution in [-0.4, -0.2) is 48.5 Å². The van der Waals surface area contributed by atoms with Crippen LogP contribution in [0.3, 0.4) is 0 Å². The van der Waals surface area contributed by atoms with Crippen molar-refractivity contribution in [2.75, 3.05) is 13.6 Å². The molecule has 5 nitrogen and oxygen atoms in total. The number of hydrogen-bond acceptors (Lipinski definition) is 4. The predicted octanol–water partition coefficient (Wildman–Crippen LogP) is 2.37. The van der Waals surface area contributed by atoms with Crippen LogP contribution in [0.5, 0.6) is 0 Å². The smallest absolute Gasteiger partial charge is 0.282 e. The summed E-state index contributed by atoms with van der Waals surface area (Å²) in [7, 11) is -1.89. The largest absolute Gasteiger partial charge is 0.293 e. The molecule has 1 aliphatic rings. The summed E-state index contributed by atoms with van der Waals surface area (Å²) < 4.78 is 28.1. The third-order valence-electron chi connectivity index (χ3n) is 3.93. The second kappa shape index (κ2) is 6.56. The molecule has 0 unspecified atom stereocenters. The fourth-order valence-corrected chi connectivity index (χ4v) is 4.96. The monoisotopic (exact) mass is 330 g/mol. The maximum atomic E-state index is 12.6. The molecule has 0 amide bonds. The second-order valence-corrected chi connectivity index (χ2v) is 8.52. The van der Waals surface area contributed by atoms with Gasteiger partial charge in [0.2, 0.25) is 0 Å². The van der Waals surface area contributed by atoms with E-state index in [0.29, 0.717) is 11.4 Å². The van der Waals surface area contributed by atoms with Crippen molar-refractivity contribution in [1.29, 1.82) is 0 Å². The zero-order valence-electron chi connectivity index (χ0n) is 12.7. The van der Waals surface area contributed by atoms with E-state index < -0.39 is 10.2 Å². The standard InChI is InChI=1S/C14H22N2O3S2/c1-11(2)15(3)21(18,19)16-8-4-6-12(16)10-13(17)14-7-5-9-20-14/h5,7,9,11-12H,4,6,8,10H2,1-3H3/t12-/m1/s1. The van der Waals surface area contributed by atoms with Crippen molar-refractivity contribution in [2.24, 2.45) is 0 Å².